The number of hydroxylamine groups is 1. The lowest BCUT2D eigenvalue weighted by Gasteiger charge is -2.06. The highest BCUT2D eigenvalue weighted by Crippen LogP contribution is 2.20. The molecule has 0 aromatic heterocycles. The van der Waals surface area contributed by atoms with Gasteiger partial charge in [0.15, 0.2) is 9.84 Å². The molecular weight excluding hydrogens is 228 g/mol. The first-order valence-corrected chi connectivity index (χ1v) is 5.80. The highest BCUT2D eigenvalue weighted by molar-refractivity contribution is 7.90. The van der Waals surface area contributed by atoms with E-state index in [0.29, 0.717) is 6.07 Å². The fourth-order valence-electron chi connectivity index (χ4n) is 1.10. The highest BCUT2D eigenvalue weighted by atomic mass is 32.2. The lowest BCUT2D eigenvalue weighted by atomic mass is 10.2. The van der Waals surface area contributed by atoms with Gasteiger partial charge in [0.1, 0.15) is 16.5 Å². The van der Waals surface area contributed by atoms with Crippen LogP contribution in [0.1, 0.15) is 5.56 Å². The molecule has 0 spiro atoms. The van der Waals surface area contributed by atoms with Crippen LogP contribution in [-0.4, -0.2) is 19.9 Å². The maximum Gasteiger partial charge on any atom is 0.178 e. The lowest BCUT2D eigenvalue weighted by Crippen LogP contribution is -2.11. The molecule has 0 aliphatic heterocycles. The van der Waals surface area contributed by atoms with Gasteiger partial charge in [0, 0.05) is 18.4 Å². The quantitative estimate of drug-likeness (QED) is 0.765. The first-order valence-electron chi connectivity index (χ1n) is 3.91. The van der Waals surface area contributed by atoms with Gasteiger partial charge in [-0.05, 0) is 12.1 Å². The molecule has 0 fully saturated rings. The minimum absolute atomic E-state index is 0.252. The van der Waals surface area contributed by atoms with Crippen LogP contribution in [0.4, 0.5) is 8.78 Å². The molecule has 0 radical (unpaired) electrons. The van der Waals surface area contributed by atoms with E-state index in [1.807, 2.05) is 0 Å². The second kappa shape index (κ2) is 4.21. The molecule has 0 aliphatic carbocycles. The minimum Gasteiger partial charge on any atom is -0.316 e. The normalized spacial score (nSPS) is 11.7. The van der Waals surface area contributed by atoms with Crippen LogP contribution in [0.3, 0.4) is 0 Å². The van der Waals surface area contributed by atoms with Crippen molar-refractivity contribution in [3.63, 3.8) is 0 Å². The van der Waals surface area contributed by atoms with E-state index >= 15 is 0 Å². The molecule has 0 heterocycles. The van der Waals surface area contributed by atoms with E-state index in [2.05, 4.69) is 0 Å². The highest BCUT2D eigenvalue weighted by Gasteiger charge is 2.18. The molecule has 0 unspecified atom stereocenters. The first-order chi connectivity index (χ1) is 6.86. The van der Waals surface area contributed by atoms with E-state index < -0.39 is 26.4 Å². The maximum atomic E-state index is 13.4. The van der Waals surface area contributed by atoms with Gasteiger partial charge in [-0.3, -0.25) is 0 Å². The molecule has 1 aromatic rings. The summed E-state index contributed by atoms with van der Waals surface area (Å²) in [7, 11) is -3.82. The third-order valence-electron chi connectivity index (χ3n) is 1.75. The summed E-state index contributed by atoms with van der Waals surface area (Å²) in [5.74, 6) is -1.93. The molecular formula is C8H9F2NO3S. The van der Waals surface area contributed by atoms with Crippen molar-refractivity contribution in [2.45, 2.75) is 11.4 Å². The Hall–Kier alpha value is -1.05. The zero-order chi connectivity index (χ0) is 11.6. The van der Waals surface area contributed by atoms with Crippen LogP contribution in [-0.2, 0) is 16.4 Å². The van der Waals surface area contributed by atoms with Crippen LogP contribution < -0.4 is 5.48 Å². The summed E-state index contributed by atoms with van der Waals surface area (Å²) in [6, 6.07) is 1.42. The summed E-state index contributed by atoms with van der Waals surface area (Å²) in [4.78, 5) is -0.715. The Bertz CT molecular complexity index is 473. The number of benzene rings is 1. The van der Waals surface area contributed by atoms with Gasteiger partial charge in [0.25, 0.3) is 0 Å². The molecule has 7 heteroatoms. The number of rotatable bonds is 3. The molecule has 1 aromatic carbocycles. The van der Waals surface area contributed by atoms with E-state index in [1.165, 1.54) is 0 Å². The fraction of sp³-hybridized carbons (Fsp3) is 0.250. The van der Waals surface area contributed by atoms with Crippen molar-refractivity contribution in [3.8, 4) is 0 Å². The Kier molecular flexibility index (Phi) is 3.38. The van der Waals surface area contributed by atoms with Crippen LogP contribution >= 0.6 is 0 Å². The van der Waals surface area contributed by atoms with Crippen molar-refractivity contribution < 1.29 is 22.4 Å². The molecule has 0 bridgehead atoms. The standard InChI is InChI=1S/C8H9F2NO3S/c1-15(13,14)7-3-6(9)2-5(4-11-12)8(7)10/h2-3,11-12H,4H2,1H3. The summed E-state index contributed by atoms with van der Waals surface area (Å²) in [5, 5.41) is 8.34. The van der Waals surface area contributed by atoms with Gasteiger partial charge >= 0.3 is 0 Å². The molecule has 1 rings (SSSR count). The van der Waals surface area contributed by atoms with Crippen LogP contribution in [0.2, 0.25) is 0 Å². The minimum atomic E-state index is -3.82. The molecule has 0 aliphatic rings. The Labute approximate surface area is 85.4 Å². The fourth-order valence-corrected chi connectivity index (χ4v) is 1.89. The number of nitrogens with one attached hydrogen (secondary N) is 1. The van der Waals surface area contributed by atoms with E-state index in [0.717, 1.165) is 12.3 Å². The van der Waals surface area contributed by atoms with Crippen molar-refractivity contribution >= 4 is 9.84 Å². The van der Waals surface area contributed by atoms with E-state index in [4.69, 9.17) is 5.21 Å². The molecule has 2 N–H and O–H groups in total. The van der Waals surface area contributed by atoms with Crippen molar-refractivity contribution in [2.24, 2.45) is 0 Å². The van der Waals surface area contributed by atoms with E-state index in [9.17, 15) is 17.2 Å². The van der Waals surface area contributed by atoms with Crippen molar-refractivity contribution in [1.82, 2.24) is 5.48 Å². The van der Waals surface area contributed by atoms with Crippen LogP contribution in [0.5, 0.6) is 0 Å². The summed E-state index contributed by atoms with van der Waals surface area (Å²) < 4.78 is 48.5. The molecule has 84 valence electrons. The number of hydrogen-bond acceptors (Lipinski definition) is 4. The van der Waals surface area contributed by atoms with Crippen molar-refractivity contribution in [1.29, 1.82) is 0 Å². The zero-order valence-corrected chi connectivity index (χ0v) is 8.61. The van der Waals surface area contributed by atoms with Gasteiger partial charge in [-0.1, -0.05) is 0 Å². The number of halogens is 2. The van der Waals surface area contributed by atoms with Crippen LogP contribution in [0.15, 0.2) is 17.0 Å². The van der Waals surface area contributed by atoms with Gasteiger partial charge in [-0.2, -0.15) is 0 Å². The third-order valence-corrected chi connectivity index (χ3v) is 2.84. The summed E-state index contributed by atoms with van der Waals surface area (Å²) in [5.41, 5.74) is 1.38. The Morgan fingerprint density at radius 2 is 2.00 bits per heavy atom. The lowest BCUT2D eigenvalue weighted by molar-refractivity contribution is 0.159. The topological polar surface area (TPSA) is 66.4 Å². The van der Waals surface area contributed by atoms with Crippen LogP contribution in [0.25, 0.3) is 0 Å². The summed E-state index contributed by atoms with van der Waals surface area (Å²) in [6.45, 7) is -0.369. The molecule has 0 amide bonds. The smallest absolute Gasteiger partial charge is 0.178 e. The molecule has 4 nitrogen and oxygen atoms in total. The van der Waals surface area contributed by atoms with E-state index in [1.54, 1.807) is 5.48 Å². The van der Waals surface area contributed by atoms with Crippen LogP contribution in [0, 0.1) is 11.6 Å². The molecule has 0 saturated carbocycles. The first kappa shape index (κ1) is 12.0. The predicted molar refractivity (Wildman–Crippen MR) is 48.1 cm³/mol. The van der Waals surface area contributed by atoms with Gasteiger partial charge in [0.2, 0.25) is 0 Å². The molecule has 15 heavy (non-hydrogen) atoms. The van der Waals surface area contributed by atoms with Gasteiger partial charge in [0.05, 0.1) is 0 Å². The van der Waals surface area contributed by atoms with Gasteiger partial charge < -0.3 is 5.21 Å². The van der Waals surface area contributed by atoms with Crippen molar-refractivity contribution in [3.05, 3.63) is 29.3 Å². The second-order valence-electron chi connectivity index (χ2n) is 2.98. The summed E-state index contributed by atoms with van der Waals surface area (Å²) in [6.07, 6.45) is 0.779. The predicted octanol–water partition coefficient (Wildman–Crippen LogP) is 0.847. The van der Waals surface area contributed by atoms with E-state index in [-0.39, 0.29) is 12.1 Å². The number of sulfone groups is 1. The Morgan fingerprint density at radius 1 is 1.40 bits per heavy atom. The van der Waals surface area contributed by atoms with Gasteiger partial charge in [-0.25, -0.2) is 22.7 Å². The second-order valence-corrected chi connectivity index (χ2v) is 4.97. The Morgan fingerprint density at radius 3 is 2.47 bits per heavy atom. The monoisotopic (exact) mass is 237 g/mol. The average molecular weight is 237 g/mol. The largest absolute Gasteiger partial charge is 0.316 e. The zero-order valence-electron chi connectivity index (χ0n) is 7.79. The third kappa shape index (κ3) is 2.71. The molecule has 0 atom stereocenters. The SMILES string of the molecule is CS(=O)(=O)c1cc(F)cc(CNO)c1F. The number of hydrogen-bond donors (Lipinski definition) is 2. The Balaban J connectivity index is 3.42. The molecule has 0 saturated heterocycles. The maximum absolute atomic E-state index is 13.4. The van der Waals surface area contributed by atoms with Gasteiger partial charge in [-0.15, -0.1) is 0 Å². The van der Waals surface area contributed by atoms with Crippen molar-refractivity contribution in [2.75, 3.05) is 6.26 Å². The average Bonchev–Trinajstić information content (AvgIpc) is 2.09. The summed E-state index contributed by atoms with van der Waals surface area (Å²) >= 11 is 0.